The number of rotatable bonds is 6. The van der Waals surface area contributed by atoms with Crippen molar-refractivity contribution in [1.82, 2.24) is 0 Å². The Balaban J connectivity index is 2.41. The summed E-state index contributed by atoms with van der Waals surface area (Å²) >= 11 is 0. The number of allylic oxidation sites excluding steroid dienone is 2. The fraction of sp³-hybridized carbons (Fsp3) is 0.235. The number of hydrogen-bond acceptors (Lipinski definition) is 6. The van der Waals surface area contributed by atoms with Gasteiger partial charge in [0.1, 0.15) is 11.5 Å². The first-order valence-electron chi connectivity index (χ1n) is 6.96. The predicted molar refractivity (Wildman–Crippen MR) is 87.6 cm³/mol. The van der Waals surface area contributed by atoms with Gasteiger partial charge in [-0.05, 0) is 47.4 Å². The summed E-state index contributed by atoms with van der Waals surface area (Å²) in [4.78, 5) is 11.7. The van der Waals surface area contributed by atoms with Gasteiger partial charge < -0.3 is 15.2 Å². The van der Waals surface area contributed by atoms with E-state index in [1.807, 2.05) is 12.2 Å². The number of methoxy groups -OCH3 is 1. The van der Waals surface area contributed by atoms with E-state index in [2.05, 4.69) is 17.1 Å². The molecule has 2 atom stereocenters. The molecule has 0 fully saturated rings. The van der Waals surface area contributed by atoms with Gasteiger partial charge in [0.25, 0.3) is 0 Å². The number of hydrogen-bond donors (Lipinski definition) is 2. The number of nitrogens with zero attached hydrogens (tertiary/aromatic N) is 1. The van der Waals surface area contributed by atoms with Gasteiger partial charge in [0.2, 0.25) is 0 Å². The lowest BCUT2D eigenvalue weighted by Gasteiger charge is -2.29. The second-order valence-corrected chi connectivity index (χ2v) is 4.90. The largest absolute Gasteiger partial charge is 0.497 e. The molecular formula is C17H17N3O3. The van der Waals surface area contributed by atoms with Crippen LogP contribution >= 0.6 is 0 Å². The summed E-state index contributed by atoms with van der Waals surface area (Å²) in [5.74, 6) is 3.72. The van der Waals surface area contributed by atoms with Crippen molar-refractivity contribution in [3.05, 3.63) is 58.7 Å². The molecule has 6 nitrogen and oxygen atoms in total. The fourth-order valence-corrected chi connectivity index (χ4v) is 2.55. The van der Waals surface area contributed by atoms with Crippen LogP contribution in [0.25, 0.3) is 0 Å². The van der Waals surface area contributed by atoms with Crippen LogP contribution < -0.4 is 10.5 Å². The van der Waals surface area contributed by atoms with Crippen LogP contribution in [-0.2, 0) is 10.3 Å². The summed E-state index contributed by atoms with van der Waals surface area (Å²) < 4.78 is 10.1. The van der Waals surface area contributed by atoms with Gasteiger partial charge in [-0.1, -0.05) is 18.2 Å². The minimum absolute atomic E-state index is 0.260. The van der Waals surface area contributed by atoms with Gasteiger partial charge in [0, 0.05) is 12.0 Å². The first-order chi connectivity index (χ1) is 11.2. The topological polar surface area (TPSA) is 97.8 Å². The number of nitrogens with two attached hydrogens (primary N) is 1. The average Bonchev–Trinajstić information content (AvgIpc) is 2.61. The summed E-state index contributed by atoms with van der Waals surface area (Å²) in [7, 11) is 1.59. The van der Waals surface area contributed by atoms with Crippen LogP contribution in [0.4, 0.5) is 0 Å². The lowest BCUT2D eigenvalue weighted by Crippen LogP contribution is -2.31. The molecule has 1 aliphatic rings. The van der Waals surface area contributed by atoms with E-state index in [9.17, 15) is 4.91 Å². The molecule has 0 amide bonds. The Kier molecular flexibility index (Phi) is 5.15. The third-order valence-electron chi connectivity index (χ3n) is 3.73. The van der Waals surface area contributed by atoms with Crippen LogP contribution in [0, 0.1) is 28.2 Å². The van der Waals surface area contributed by atoms with Crippen molar-refractivity contribution in [2.24, 2.45) is 16.8 Å². The van der Waals surface area contributed by atoms with Crippen molar-refractivity contribution < 1.29 is 9.47 Å². The Bertz CT molecular complexity index is 698. The van der Waals surface area contributed by atoms with Crippen LogP contribution in [0.2, 0.25) is 0 Å². The Labute approximate surface area is 134 Å². The van der Waals surface area contributed by atoms with Gasteiger partial charge in [-0.3, -0.25) is 5.41 Å². The zero-order chi connectivity index (χ0) is 16.7. The molecule has 6 heteroatoms. The molecule has 1 aromatic rings. The van der Waals surface area contributed by atoms with E-state index < -0.39 is 5.54 Å². The average molecular weight is 311 g/mol. The minimum atomic E-state index is -1.29. The lowest BCUT2D eigenvalue weighted by atomic mass is 9.76. The van der Waals surface area contributed by atoms with Crippen LogP contribution in [0.1, 0.15) is 12.0 Å². The van der Waals surface area contributed by atoms with Crippen LogP contribution in [0.15, 0.2) is 53.4 Å². The van der Waals surface area contributed by atoms with Crippen molar-refractivity contribution in [2.75, 3.05) is 7.11 Å². The first kappa shape index (κ1) is 16.3. The monoisotopic (exact) mass is 311 g/mol. The highest BCUT2D eigenvalue weighted by Crippen LogP contribution is 2.39. The van der Waals surface area contributed by atoms with E-state index in [0.717, 1.165) is 12.2 Å². The molecule has 0 bridgehead atoms. The normalized spacial score (nSPS) is 18.7. The Hall–Kier alpha value is -3.07. The molecule has 0 saturated heterocycles. The molecule has 0 aliphatic heterocycles. The first-order valence-corrected chi connectivity index (χ1v) is 6.96. The number of nitroso groups, excluding NO2 is 1. The summed E-state index contributed by atoms with van der Waals surface area (Å²) in [5, 5.41) is 10.3. The summed E-state index contributed by atoms with van der Waals surface area (Å²) in [6, 6.07) is 9.04. The Morgan fingerprint density at radius 3 is 2.65 bits per heavy atom. The maximum Gasteiger partial charge on any atom is 0.195 e. The SMILES string of the molecule is COC1=CCC(C(C#CN)(N=O)c2ccc(OC=N)cc2)C=C1. The molecule has 2 rings (SSSR count). The molecule has 1 aromatic carbocycles. The second kappa shape index (κ2) is 7.27. The van der Waals surface area contributed by atoms with Crippen LogP contribution in [-0.4, -0.2) is 13.5 Å². The van der Waals surface area contributed by atoms with Crippen LogP contribution in [0.3, 0.4) is 0 Å². The molecular weight excluding hydrogens is 294 g/mol. The molecule has 0 radical (unpaired) electrons. The van der Waals surface area contributed by atoms with Gasteiger partial charge in [0.15, 0.2) is 11.9 Å². The molecule has 2 unspecified atom stereocenters. The quantitative estimate of drug-likeness (QED) is 0.277. The minimum Gasteiger partial charge on any atom is -0.497 e. The second-order valence-electron chi connectivity index (χ2n) is 4.90. The maximum absolute atomic E-state index is 11.7. The summed E-state index contributed by atoms with van der Waals surface area (Å²) in [6.45, 7) is 0. The highest BCUT2D eigenvalue weighted by atomic mass is 16.5. The van der Waals surface area contributed by atoms with Gasteiger partial charge >= 0.3 is 0 Å². The molecule has 0 spiro atoms. The van der Waals surface area contributed by atoms with Crippen LogP contribution in [0.5, 0.6) is 5.75 Å². The number of nitrogens with one attached hydrogen (secondary N) is 1. The van der Waals surface area contributed by atoms with E-state index >= 15 is 0 Å². The summed E-state index contributed by atoms with van der Waals surface area (Å²) in [5.41, 5.74) is 4.72. The number of ether oxygens (including phenoxy) is 2. The lowest BCUT2D eigenvalue weighted by molar-refractivity contribution is 0.297. The zero-order valence-corrected chi connectivity index (χ0v) is 12.7. The van der Waals surface area contributed by atoms with Gasteiger partial charge in [-0.25, -0.2) is 0 Å². The highest BCUT2D eigenvalue weighted by molar-refractivity contribution is 5.49. The molecule has 0 saturated carbocycles. The van der Waals surface area contributed by atoms with Gasteiger partial charge in [-0.2, -0.15) is 0 Å². The molecule has 1 aliphatic carbocycles. The molecule has 23 heavy (non-hydrogen) atoms. The van der Waals surface area contributed by atoms with Gasteiger partial charge in [0.05, 0.1) is 7.11 Å². The smallest absolute Gasteiger partial charge is 0.195 e. The van der Waals surface area contributed by atoms with E-state index in [1.165, 1.54) is 0 Å². The Morgan fingerprint density at radius 1 is 1.43 bits per heavy atom. The van der Waals surface area contributed by atoms with Crippen molar-refractivity contribution in [1.29, 1.82) is 5.41 Å². The number of benzene rings is 1. The maximum atomic E-state index is 11.7. The van der Waals surface area contributed by atoms with E-state index in [4.69, 9.17) is 20.6 Å². The van der Waals surface area contributed by atoms with Crippen molar-refractivity contribution in [3.8, 4) is 17.7 Å². The van der Waals surface area contributed by atoms with E-state index in [1.54, 1.807) is 37.5 Å². The molecule has 0 heterocycles. The zero-order valence-electron chi connectivity index (χ0n) is 12.7. The van der Waals surface area contributed by atoms with E-state index in [-0.39, 0.29) is 5.92 Å². The van der Waals surface area contributed by atoms with Crippen molar-refractivity contribution >= 4 is 6.40 Å². The molecule has 3 N–H and O–H groups in total. The van der Waals surface area contributed by atoms with Gasteiger partial charge in [-0.15, -0.1) is 4.91 Å². The molecule has 118 valence electrons. The third kappa shape index (κ3) is 3.24. The fourth-order valence-electron chi connectivity index (χ4n) is 2.55. The third-order valence-corrected chi connectivity index (χ3v) is 3.73. The standard InChI is InChI=1S/C17H17N3O3/c1-22-15-6-2-13(3-7-15)17(20-21,10-11-18)14-4-8-16(9-5-14)23-12-19/h2,4-9,12-13,19H,3,18H2,1H3. The highest BCUT2D eigenvalue weighted by Gasteiger charge is 2.40. The predicted octanol–water partition coefficient (Wildman–Crippen LogP) is 2.66. The Morgan fingerprint density at radius 2 is 2.17 bits per heavy atom. The summed E-state index contributed by atoms with van der Waals surface area (Å²) in [6.07, 6.45) is 6.92. The van der Waals surface area contributed by atoms with E-state index in [0.29, 0.717) is 17.7 Å². The molecule has 0 aromatic heterocycles. The van der Waals surface area contributed by atoms with Crippen molar-refractivity contribution in [2.45, 2.75) is 12.0 Å². The van der Waals surface area contributed by atoms with Crippen molar-refractivity contribution in [3.63, 3.8) is 0 Å².